The minimum atomic E-state index is -0.175. The molecule has 2 amide bonds. The van der Waals surface area contributed by atoms with E-state index in [9.17, 15) is 9.59 Å². The Balaban J connectivity index is 1.86. The fourth-order valence-electron chi connectivity index (χ4n) is 2.91. The highest BCUT2D eigenvalue weighted by molar-refractivity contribution is 6.00. The molecule has 1 fully saturated rings. The maximum absolute atomic E-state index is 12.4. The zero-order valence-corrected chi connectivity index (χ0v) is 14.4. The van der Waals surface area contributed by atoms with Crippen molar-refractivity contribution in [2.24, 2.45) is 11.8 Å². The molecule has 1 saturated carbocycles. The number of hydrogen-bond acceptors (Lipinski definition) is 2. The highest BCUT2D eigenvalue weighted by Gasteiger charge is 2.48. The second kappa shape index (κ2) is 8.14. The molecule has 23 heavy (non-hydrogen) atoms. The molecule has 0 heterocycles. The number of para-hydroxylation sites is 1. The van der Waals surface area contributed by atoms with E-state index < -0.39 is 0 Å². The quantitative estimate of drug-likeness (QED) is 0.722. The summed E-state index contributed by atoms with van der Waals surface area (Å²) in [4.78, 5) is 24.4. The number of benzene rings is 1. The first-order valence-electron chi connectivity index (χ1n) is 8.75. The van der Waals surface area contributed by atoms with E-state index in [1.54, 1.807) is 0 Å². The number of rotatable bonds is 8. The SMILES string of the molecule is CCCCCNC(=O)C1CC1C(=O)Nc1c(C)cccc1CC. The molecule has 2 rings (SSSR count). The molecule has 0 aliphatic heterocycles. The van der Waals surface area contributed by atoms with Crippen LogP contribution in [0.4, 0.5) is 5.69 Å². The van der Waals surface area contributed by atoms with Gasteiger partial charge < -0.3 is 10.6 Å². The largest absolute Gasteiger partial charge is 0.356 e. The summed E-state index contributed by atoms with van der Waals surface area (Å²) in [5.41, 5.74) is 3.12. The molecule has 2 unspecified atom stereocenters. The van der Waals surface area contributed by atoms with Gasteiger partial charge in [0.2, 0.25) is 11.8 Å². The van der Waals surface area contributed by atoms with E-state index in [0.29, 0.717) is 6.42 Å². The Bertz CT molecular complexity index is 568. The predicted molar refractivity (Wildman–Crippen MR) is 93.3 cm³/mol. The van der Waals surface area contributed by atoms with Gasteiger partial charge in [-0.3, -0.25) is 9.59 Å². The normalized spacial score (nSPS) is 19.3. The average Bonchev–Trinajstić information content (AvgIpc) is 3.34. The van der Waals surface area contributed by atoms with Crippen molar-refractivity contribution >= 4 is 17.5 Å². The third kappa shape index (κ3) is 4.57. The Hall–Kier alpha value is -1.84. The van der Waals surface area contributed by atoms with Crippen LogP contribution < -0.4 is 10.6 Å². The molecule has 4 nitrogen and oxygen atoms in total. The van der Waals surface area contributed by atoms with Crippen molar-refractivity contribution in [2.75, 3.05) is 11.9 Å². The lowest BCUT2D eigenvalue weighted by Crippen LogP contribution is -2.28. The van der Waals surface area contributed by atoms with Crippen molar-refractivity contribution in [3.05, 3.63) is 29.3 Å². The molecule has 0 aromatic heterocycles. The molecule has 1 aromatic rings. The summed E-state index contributed by atoms with van der Waals surface area (Å²) >= 11 is 0. The first kappa shape index (κ1) is 17.5. The fraction of sp³-hybridized carbons (Fsp3) is 0.579. The summed E-state index contributed by atoms with van der Waals surface area (Å²) in [5.74, 6) is -0.319. The van der Waals surface area contributed by atoms with Gasteiger partial charge in [0.15, 0.2) is 0 Å². The predicted octanol–water partition coefficient (Wildman–Crippen LogP) is 3.44. The van der Waals surface area contributed by atoms with Gasteiger partial charge in [-0.2, -0.15) is 0 Å². The zero-order valence-electron chi connectivity index (χ0n) is 14.4. The number of anilines is 1. The number of aryl methyl sites for hydroxylation is 2. The maximum atomic E-state index is 12.4. The van der Waals surface area contributed by atoms with Crippen molar-refractivity contribution in [3.63, 3.8) is 0 Å². The van der Waals surface area contributed by atoms with Crippen LogP contribution in [0, 0.1) is 18.8 Å². The lowest BCUT2D eigenvalue weighted by molar-refractivity contribution is -0.125. The fourth-order valence-corrected chi connectivity index (χ4v) is 2.91. The van der Waals surface area contributed by atoms with E-state index in [1.807, 2.05) is 25.1 Å². The first-order valence-corrected chi connectivity index (χ1v) is 8.75. The highest BCUT2D eigenvalue weighted by Crippen LogP contribution is 2.40. The summed E-state index contributed by atoms with van der Waals surface area (Å²) in [6.07, 6.45) is 4.82. The summed E-state index contributed by atoms with van der Waals surface area (Å²) in [5, 5.41) is 5.98. The van der Waals surface area contributed by atoms with E-state index in [2.05, 4.69) is 24.5 Å². The van der Waals surface area contributed by atoms with Gasteiger partial charge in [-0.15, -0.1) is 0 Å². The number of unbranched alkanes of at least 4 members (excludes halogenated alkanes) is 2. The summed E-state index contributed by atoms with van der Waals surface area (Å²) in [6.45, 7) is 6.93. The summed E-state index contributed by atoms with van der Waals surface area (Å²) in [7, 11) is 0. The molecule has 1 aromatic carbocycles. The minimum Gasteiger partial charge on any atom is -0.356 e. The Morgan fingerprint density at radius 2 is 1.87 bits per heavy atom. The van der Waals surface area contributed by atoms with Crippen LogP contribution in [0.1, 0.15) is 50.7 Å². The molecule has 0 radical (unpaired) electrons. The van der Waals surface area contributed by atoms with E-state index in [0.717, 1.165) is 49.0 Å². The van der Waals surface area contributed by atoms with Crippen molar-refractivity contribution < 1.29 is 9.59 Å². The van der Waals surface area contributed by atoms with Gasteiger partial charge in [-0.05, 0) is 37.3 Å². The van der Waals surface area contributed by atoms with Gasteiger partial charge in [0.25, 0.3) is 0 Å². The Morgan fingerprint density at radius 1 is 1.13 bits per heavy atom. The van der Waals surface area contributed by atoms with E-state index >= 15 is 0 Å². The maximum Gasteiger partial charge on any atom is 0.228 e. The second-order valence-corrected chi connectivity index (χ2v) is 6.40. The Labute approximate surface area is 139 Å². The molecule has 2 N–H and O–H groups in total. The monoisotopic (exact) mass is 316 g/mol. The van der Waals surface area contributed by atoms with Crippen LogP contribution in [0.15, 0.2) is 18.2 Å². The van der Waals surface area contributed by atoms with Crippen LogP contribution in [0.2, 0.25) is 0 Å². The van der Waals surface area contributed by atoms with Gasteiger partial charge in [-0.1, -0.05) is 44.9 Å². The van der Waals surface area contributed by atoms with Gasteiger partial charge >= 0.3 is 0 Å². The number of nitrogens with one attached hydrogen (secondary N) is 2. The first-order chi connectivity index (χ1) is 11.1. The van der Waals surface area contributed by atoms with E-state index in [1.165, 1.54) is 0 Å². The summed E-state index contributed by atoms with van der Waals surface area (Å²) < 4.78 is 0. The lowest BCUT2D eigenvalue weighted by Gasteiger charge is -2.13. The molecule has 2 atom stereocenters. The molecule has 0 bridgehead atoms. The highest BCUT2D eigenvalue weighted by atomic mass is 16.2. The molecule has 1 aliphatic carbocycles. The van der Waals surface area contributed by atoms with Crippen LogP contribution in [0.25, 0.3) is 0 Å². The van der Waals surface area contributed by atoms with Crippen LogP contribution >= 0.6 is 0 Å². The Morgan fingerprint density at radius 3 is 2.57 bits per heavy atom. The number of carbonyl (C=O) groups excluding carboxylic acids is 2. The second-order valence-electron chi connectivity index (χ2n) is 6.40. The number of carbonyl (C=O) groups is 2. The third-order valence-electron chi connectivity index (χ3n) is 4.53. The molecule has 0 spiro atoms. The molecular weight excluding hydrogens is 288 g/mol. The smallest absolute Gasteiger partial charge is 0.228 e. The number of amides is 2. The molecule has 4 heteroatoms. The molecule has 1 aliphatic rings. The standard InChI is InChI=1S/C19H28N2O2/c1-4-6-7-11-20-18(22)15-12-16(15)19(23)21-17-13(3)9-8-10-14(17)5-2/h8-10,15-16H,4-7,11-12H2,1-3H3,(H,20,22)(H,21,23). The van der Waals surface area contributed by atoms with Crippen LogP contribution in [0.3, 0.4) is 0 Å². The van der Waals surface area contributed by atoms with Crippen molar-refractivity contribution in [1.29, 1.82) is 0 Å². The minimum absolute atomic E-state index is 0.0253. The van der Waals surface area contributed by atoms with Crippen LogP contribution in [0.5, 0.6) is 0 Å². The molecular formula is C19H28N2O2. The molecule has 0 saturated heterocycles. The average molecular weight is 316 g/mol. The third-order valence-corrected chi connectivity index (χ3v) is 4.53. The van der Waals surface area contributed by atoms with Gasteiger partial charge in [0.1, 0.15) is 0 Å². The van der Waals surface area contributed by atoms with E-state index in [4.69, 9.17) is 0 Å². The van der Waals surface area contributed by atoms with E-state index in [-0.39, 0.29) is 23.7 Å². The van der Waals surface area contributed by atoms with Gasteiger partial charge in [-0.25, -0.2) is 0 Å². The zero-order chi connectivity index (χ0) is 16.8. The van der Waals surface area contributed by atoms with Crippen molar-refractivity contribution in [1.82, 2.24) is 5.32 Å². The topological polar surface area (TPSA) is 58.2 Å². The van der Waals surface area contributed by atoms with Crippen LogP contribution in [-0.4, -0.2) is 18.4 Å². The van der Waals surface area contributed by atoms with Gasteiger partial charge in [0, 0.05) is 12.2 Å². The molecule has 126 valence electrons. The van der Waals surface area contributed by atoms with Crippen molar-refractivity contribution in [3.8, 4) is 0 Å². The summed E-state index contributed by atoms with van der Waals surface area (Å²) in [6, 6.07) is 6.04. The van der Waals surface area contributed by atoms with Crippen molar-refractivity contribution in [2.45, 2.75) is 52.9 Å². The van der Waals surface area contributed by atoms with Gasteiger partial charge in [0.05, 0.1) is 11.8 Å². The number of hydrogen-bond donors (Lipinski definition) is 2. The lowest BCUT2D eigenvalue weighted by atomic mass is 10.1. The van der Waals surface area contributed by atoms with Crippen LogP contribution in [-0.2, 0) is 16.0 Å². The Kier molecular flexibility index (Phi) is 6.20.